The smallest absolute Gasteiger partial charge is 0.223 e. The van der Waals surface area contributed by atoms with Crippen LogP contribution in [-0.2, 0) is 13.2 Å². The van der Waals surface area contributed by atoms with Gasteiger partial charge in [-0.05, 0) is 18.4 Å². The molecule has 0 spiro atoms. The molecule has 1 aromatic carbocycles. The summed E-state index contributed by atoms with van der Waals surface area (Å²) in [6.45, 7) is 6.56. The van der Waals surface area contributed by atoms with Crippen LogP contribution in [-0.4, -0.2) is 22.8 Å². The predicted molar refractivity (Wildman–Crippen MR) is 95.5 cm³/mol. The second-order valence-electron chi connectivity index (χ2n) is 5.90. The Balaban J connectivity index is 1.75. The molecule has 2 heterocycles. The average molecular weight is 325 g/mol. The fraction of sp³-hybridized carbons (Fsp3) is 0.316. The first-order valence-corrected chi connectivity index (χ1v) is 8.26. The van der Waals surface area contributed by atoms with Gasteiger partial charge in [-0.2, -0.15) is 0 Å². The molecule has 2 aromatic rings. The molecule has 0 radical (unpaired) electrons. The molecule has 0 saturated carbocycles. The number of hydrogen-bond acceptors (Lipinski definition) is 4. The van der Waals surface area contributed by atoms with E-state index < -0.39 is 0 Å². The van der Waals surface area contributed by atoms with E-state index in [0.717, 1.165) is 37.3 Å². The highest BCUT2D eigenvalue weighted by molar-refractivity contribution is 5.30. The molecule has 0 fully saturated rings. The monoisotopic (exact) mass is 325 g/mol. The number of hydrogen-bond donors (Lipinski definition) is 1. The lowest BCUT2D eigenvalue weighted by molar-refractivity contribution is 0.227. The first-order valence-electron chi connectivity index (χ1n) is 8.26. The summed E-state index contributed by atoms with van der Waals surface area (Å²) in [5.74, 6) is 0.433. The van der Waals surface area contributed by atoms with Gasteiger partial charge in [0.2, 0.25) is 5.43 Å². The molecule has 0 amide bonds. The Hall–Kier alpha value is -2.53. The van der Waals surface area contributed by atoms with E-state index in [1.54, 1.807) is 12.3 Å². The zero-order chi connectivity index (χ0) is 16.8. The number of fused-ring (bicyclic) bond motifs is 1. The highest BCUT2D eigenvalue weighted by Gasteiger charge is 2.20. The third-order valence-corrected chi connectivity index (χ3v) is 4.10. The quantitative estimate of drug-likeness (QED) is 0.628. The summed E-state index contributed by atoms with van der Waals surface area (Å²) in [5.41, 5.74) is 5.15. The minimum Gasteiger partial charge on any atom is -0.483 e. The molecule has 1 aliphatic heterocycles. The Morgan fingerprint density at radius 2 is 2.08 bits per heavy atom. The van der Waals surface area contributed by atoms with Crippen molar-refractivity contribution in [2.75, 3.05) is 18.6 Å². The van der Waals surface area contributed by atoms with Gasteiger partial charge in [-0.25, -0.2) is 0 Å². The maximum Gasteiger partial charge on any atom is 0.223 e. The highest BCUT2D eigenvalue weighted by Crippen LogP contribution is 2.19. The van der Waals surface area contributed by atoms with E-state index in [1.165, 1.54) is 0 Å². The topological polar surface area (TPSA) is 46.5 Å². The van der Waals surface area contributed by atoms with E-state index in [-0.39, 0.29) is 5.43 Å². The summed E-state index contributed by atoms with van der Waals surface area (Å²) in [6.07, 6.45) is 5.76. The Morgan fingerprint density at radius 3 is 2.88 bits per heavy atom. The summed E-state index contributed by atoms with van der Waals surface area (Å²) in [6, 6.07) is 11.4. The van der Waals surface area contributed by atoms with Crippen molar-refractivity contribution in [1.29, 1.82) is 0 Å². The molecule has 0 aliphatic carbocycles. The zero-order valence-corrected chi connectivity index (χ0v) is 13.8. The molecule has 5 heteroatoms. The molecule has 0 unspecified atom stereocenters. The van der Waals surface area contributed by atoms with E-state index >= 15 is 0 Å². The van der Waals surface area contributed by atoms with Gasteiger partial charge < -0.3 is 10.2 Å². The summed E-state index contributed by atoms with van der Waals surface area (Å²) < 4.78 is 7.77. The van der Waals surface area contributed by atoms with Gasteiger partial charge in [0.1, 0.15) is 6.61 Å². The van der Waals surface area contributed by atoms with Gasteiger partial charge in [0.15, 0.2) is 5.75 Å². The Kier molecular flexibility index (Phi) is 5.33. The lowest BCUT2D eigenvalue weighted by Gasteiger charge is -2.32. The SMILES string of the molecule is C=CCCCN1CNn2ccc(=O)c(OCc3ccccc3)c2C1. The van der Waals surface area contributed by atoms with E-state index in [4.69, 9.17) is 4.74 Å². The maximum absolute atomic E-state index is 12.3. The number of unbranched alkanes of at least 4 members (excludes halogenated alkanes) is 1. The Bertz CT molecular complexity index is 740. The van der Waals surface area contributed by atoms with Gasteiger partial charge in [-0.3, -0.25) is 14.4 Å². The predicted octanol–water partition coefficient (Wildman–Crippen LogP) is 2.71. The van der Waals surface area contributed by atoms with Crippen LogP contribution in [0.25, 0.3) is 0 Å². The van der Waals surface area contributed by atoms with Crippen molar-refractivity contribution in [3.63, 3.8) is 0 Å². The molecule has 126 valence electrons. The van der Waals surface area contributed by atoms with Crippen LogP contribution in [0, 0.1) is 0 Å². The Morgan fingerprint density at radius 1 is 1.25 bits per heavy atom. The van der Waals surface area contributed by atoms with E-state index in [0.29, 0.717) is 18.9 Å². The molecule has 1 N–H and O–H groups in total. The first kappa shape index (κ1) is 16.3. The van der Waals surface area contributed by atoms with Gasteiger partial charge in [-0.15, -0.1) is 6.58 Å². The normalized spacial score (nSPS) is 13.8. The fourth-order valence-corrected chi connectivity index (χ4v) is 2.80. The summed E-state index contributed by atoms with van der Waals surface area (Å²) in [5, 5.41) is 0. The van der Waals surface area contributed by atoms with Crippen LogP contribution in [0.15, 0.2) is 60.0 Å². The average Bonchev–Trinajstić information content (AvgIpc) is 2.62. The second kappa shape index (κ2) is 7.84. The van der Waals surface area contributed by atoms with Crippen molar-refractivity contribution in [2.24, 2.45) is 0 Å². The number of pyridine rings is 1. The number of benzene rings is 1. The van der Waals surface area contributed by atoms with Crippen molar-refractivity contribution in [3.8, 4) is 5.75 Å². The molecule has 0 bridgehead atoms. The summed E-state index contributed by atoms with van der Waals surface area (Å²) in [7, 11) is 0. The van der Waals surface area contributed by atoms with E-state index in [9.17, 15) is 4.79 Å². The van der Waals surface area contributed by atoms with Crippen LogP contribution in [0.5, 0.6) is 5.75 Å². The van der Waals surface area contributed by atoms with Crippen LogP contribution >= 0.6 is 0 Å². The van der Waals surface area contributed by atoms with Crippen LogP contribution < -0.4 is 15.6 Å². The van der Waals surface area contributed by atoms with Gasteiger partial charge in [-0.1, -0.05) is 36.4 Å². The maximum atomic E-state index is 12.3. The van der Waals surface area contributed by atoms with Crippen molar-refractivity contribution in [1.82, 2.24) is 9.58 Å². The lowest BCUT2D eigenvalue weighted by Crippen LogP contribution is -2.41. The van der Waals surface area contributed by atoms with Crippen LogP contribution in [0.1, 0.15) is 24.1 Å². The van der Waals surface area contributed by atoms with Crippen molar-refractivity contribution in [2.45, 2.75) is 26.0 Å². The number of aromatic nitrogens is 1. The van der Waals surface area contributed by atoms with Crippen molar-refractivity contribution >= 4 is 0 Å². The highest BCUT2D eigenvalue weighted by atomic mass is 16.5. The number of ether oxygens (including phenoxy) is 1. The second-order valence-corrected chi connectivity index (χ2v) is 5.90. The molecule has 3 rings (SSSR count). The standard InChI is InChI=1S/C19H23N3O2/c1-2-3-7-11-21-13-17-19(18(23)10-12-22(17)20-15-21)24-14-16-8-5-4-6-9-16/h2,4-6,8-10,12,20H,1,3,7,11,13-15H2. The van der Waals surface area contributed by atoms with Gasteiger partial charge >= 0.3 is 0 Å². The zero-order valence-electron chi connectivity index (χ0n) is 13.8. The van der Waals surface area contributed by atoms with Crippen LogP contribution in [0.3, 0.4) is 0 Å². The third-order valence-electron chi connectivity index (χ3n) is 4.10. The molecule has 1 aromatic heterocycles. The number of nitrogens with one attached hydrogen (secondary N) is 1. The number of allylic oxidation sites excluding steroid dienone is 1. The van der Waals surface area contributed by atoms with Gasteiger partial charge in [0.25, 0.3) is 0 Å². The first-order chi connectivity index (χ1) is 11.8. The third kappa shape index (κ3) is 3.86. The summed E-state index contributed by atoms with van der Waals surface area (Å²) >= 11 is 0. The molecule has 1 aliphatic rings. The van der Waals surface area contributed by atoms with Crippen molar-refractivity contribution < 1.29 is 4.74 Å². The van der Waals surface area contributed by atoms with E-state index in [1.807, 2.05) is 41.1 Å². The van der Waals surface area contributed by atoms with Crippen molar-refractivity contribution in [3.05, 3.63) is 76.7 Å². The minimum atomic E-state index is -0.0769. The van der Waals surface area contributed by atoms with E-state index in [2.05, 4.69) is 16.9 Å². The molecular weight excluding hydrogens is 302 g/mol. The Labute approximate surface area is 142 Å². The summed E-state index contributed by atoms with van der Waals surface area (Å²) in [4.78, 5) is 14.6. The number of rotatable bonds is 7. The minimum absolute atomic E-state index is 0.0769. The van der Waals surface area contributed by atoms with Gasteiger partial charge in [0.05, 0.1) is 12.4 Å². The molecule has 0 atom stereocenters. The molecule has 5 nitrogen and oxygen atoms in total. The fourth-order valence-electron chi connectivity index (χ4n) is 2.80. The molecule has 24 heavy (non-hydrogen) atoms. The van der Waals surface area contributed by atoms with Crippen LogP contribution in [0.4, 0.5) is 0 Å². The lowest BCUT2D eigenvalue weighted by atomic mass is 10.2. The van der Waals surface area contributed by atoms with Crippen LogP contribution in [0.2, 0.25) is 0 Å². The van der Waals surface area contributed by atoms with Gasteiger partial charge in [0, 0.05) is 25.4 Å². The molecule has 0 saturated heterocycles. The largest absolute Gasteiger partial charge is 0.483 e. The molecular formula is C19H23N3O2. The number of nitrogens with zero attached hydrogens (tertiary/aromatic N) is 2.